The van der Waals surface area contributed by atoms with Gasteiger partial charge in [-0.3, -0.25) is 4.68 Å². The largest absolute Gasteiger partial charge is 0.312 e. The monoisotopic (exact) mass is 251 g/mol. The molecule has 0 unspecified atom stereocenters. The summed E-state index contributed by atoms with van der Waals surface area (Å²) < 4.78 is 2.22. The Balaban J connectivity index is 2.80. The van der Waals surface area contributed by atoms with Crippen LogP contribution in [0.4, 0.5) is 0 Å². The fourth-order valence-electron chi connectivity index (χ4n) is 2.43. The molecule has 0 amide bonds. The van der Waals surface area contributed by atoms with Crippen molar-refractivity contribution in [1.82, 2.24) is 15.1 Å². The predicted molar refractivity (Wildman–Crippen MR) is 77.9 cm³/mol. The summed E-state index contributed by atoms with van der Waals surface area (Å²) in [6.07, 6.45) is 2.30. The van der Waals surface area contributed by atoms with E-state index in [1.54, 1.807) is 0 Å². The molecule has 0 aliphatic heterocycles. The Kier molecular flexibility index (Phi) is 5.86. The fourth-order valence-corrected chi connectivity index (χ4v) is 2.43. The molecule has 1 aromatic heterocycles. The third kappa shape index (κ3) is 3.58. The average molecular weight is 251 g/mol. The first-order valence-corrected chi connectivity index (χ1v) is 7.26. The minimum atomic E-state index is 0.544. The molecule has 104 valence electrons. The maximum atomic E-state index is 4.73. The Hall–Kier alpha value is -0.830. The molecule has 18 heavy (non-hydrogen) atoms. The molecular formula is C15H29N3. The van der Waals surface area contributed by atoms with Crippen molar-refractivity contribution >= 4 is 0 Å². The van der Waals surface area contributed by atoms with Gasteiger partial charge in [0.05, 0.1) is 11.7 Å². The second-order valence-corrected chi connectivity index (χ2v) is 5.59. The first kappa shape index (κ1) is 15.2. The Labute approximate surface area is 112 Å². The summed E-state index contributed by atoms with van der Waals surface area (Å²) in [4.78, 5) is 0. The highest BCUT2D eigenvalue weighted by Crippen LogP contribution is 2.21. The zero-order valence-corrected chi connectivity index (χ0v) is 12.9. The number of aryl methyl sites for hydroxylation is 1. The predicted octanol–water partition coefficient (Wildman–Crippen LogP) is 3.61. The van der Waals surface area contributed by atoms with Gasteiger partial charge in [-0.05, 0) is 39.2 Å². The standard InChI is InChI=1S/C15H29N3/c1-7-14(8-2)18-13(6)15(12(5)17-18)10-16-9-11(3)4/h11,14,16H,7-10H2,1-6H3. The van der Waals surface area contributed by atoms with E-state index >= 15 is 0 Å². The summed E-state index contributed by atoms with van der Waals surface area (Å²) in [5.74, 6) is 0.694. The van der Waals surface area contributed by atoms with Crippen LogP contribution >= 0.6 is 0 Å². The van der Waals surface area contributed by atoms with Crippen LogP contribution in [0, 0.1) is 19.8 Å². The number of hydrogen-bond acceptors (Lipinski definition) is 2. The van der Waals surface area contributed by atoms with Gasteiger partial charge < -0.3 is 5.32 Å². The third-order valence-electron chi connectivity index (χ3n) is 3.62. The van der Waals surface area contributed by atoms with Crippen molar-refractivity contribution in [2.45, 2.75) is 67.0 Å². The molecule has 3 nitrogen and oxygen atoms in total. The van der Waals surface area contributed by atoms with Gasteiger partial charge in [-0.25, -0.2) is 0 Å². The lowest BCUT2D eigenvalue weighted by Crippen LogP contribution is -2.20. The fraction of sp³-hybridized carbons (Fsp3) is 0.800. The van der Waals surface area contributed by atoms with E-state index < -0.39 is 0 Å². The SMILES string of the molecule is CCC(CC)n1nc(C)c(CNCC(C)C)c1C. The molecular weight excluding hydrogens is 222 g/mol. The van der Waals surface area contributed by atoms with Crippen LogP contribution in [0.15, 0.2) is 0 Å². The van der Waals surface area contributed by atoms with Crippen LogP contribution in [0.25, 0.3) is 0 Å². The van der Waals surface area contributed by atoms with Gasteiger partial charge in [0, 0.05) is 17.8 Å². The lowest BCUT2D eigenvalue weighted by atomic mass is 10.1. The molecule has 0 aromatic carbocycles. The van der Waals surface area contributed by atoms with E-state index in [4.69, 9.17) is 5.10 Å². The van der Waals surface area contributed by atoms with Crippen molar-refractivity contribution in [1.29, 1.82) is 0 Å². The van der Waals surface area contributed by atoms with Crippen LogP contribution in [0.1, 0.15) is 63.5 Å². The van der Waals surface area contributed by atoms with Crippen molar-refractivity contribution in [2.75, 3.05) is 6.54 Å². The minimum absolute atomic E-state index is 0.544. The summed E-state index contributed by atoms with van der Waals surface area (Å²) >= 11 is 0. The second-order valence-electron chi connectivity index (χ2n) is 5.59. The van der Waals surface area contributed by atoms with Crippen LogP contribution in [-0.2, 0) is 6.54 Å². The van der Waals surface area contributed by atoms with Crippen molar-refractivity contribution in [3.05, 3.63) is 17.0 Å². The summed E-state index contributed by atoms with van der Waals surface area (Å²) in [5, 5.41) is 8.24. The molecule has 1 aromatic rings. The van der Waals surface area contributed by atoms with Crippen molar-refractivity contribution in [3.8, 4) is 0 Å². The number of nitrogens with zero attached hydrogens (tertiary/aromatic N) is 2. The van der Waals surface area contributed by atoms with E-state index in [1.807, 2.05) is 0 Å². The van der Waals surface area contributed by atoms with Crippen LogP contribution in [-0.4, -0.2) is 16.3 Å². The van der Waals surface area contributed by atoms with Crippen molar-refractivity contribution in [3.63, 3.8) is 0 Å². The molecule has 3 heteroatoms. The molecule has 0 fully saturated rings. The number of rotatable bonds is 7. The van der Waals surface area contributed by atoms with Gasteiger partial charge in [0.25, 0.3) is 0 Å². The van der Waals surface area contributed by atoms with E-state index in [-0.39, 0.29) is 0 Å². The van der Waals surface area contributed by atoms with Crippen molar-refractivity contribution in [2.24, 2.45) is 5.92 Å². The minimum Gasteiger partial charge on any atom is -0.312 e. The normalized spacial score (nSPS) is 11.8. The molecule has 0 atom stereocenters. The van der Waals surface area contributed by atoms with Gasteiger partial charge in [-0.2, -0.15) is 5.10 Å². The molecule has 0 radical (unpaired) electrons. The van der Waals surface area contributed by atoms with E-state index in [0.717, 1.165) is 25.9 Å². The van der Waals surface area contributed by atoms with Gasteiger partial charge in [0.1, 0.15) is 0 Å². The molecule has 1 heterocycles. The van der Waals surface area contributed by atoms with Gasteiger partial charge >= 0.3 is 0 Å². The van der Waals surface area contributed by atoms with Gasteiger partial charge in [-0.15, -0.1) is 0 Å². The summed E-state index contributed by atoms with van der Waals surface area (Å²) in [5.41, 5.74) is 3.88. The van der Waals surface area contributed by atoms with Crippen LogP contribution in [0.3, 0.4) is 0 Å². The van der Waals surface area contributed by atoms with Gasteiger partial charge in [0.15, 0.2) is 0 Å². The third-order valence-corrected chi connectivity index (χ3v) is 3.62. The first-order chi connectivity index (χ1) is 8.51. The second kappa shape index (κ2) is 6.93. The van der Waals surface area contributed by atoms with Crippen LogP contribution in [0.2, 0.25) is 0 Å². The highest BCUT2D eigenvalue weighted by atomic mass is 15.3. The number of nitrogens with one attached hydrogen (secondary N) is 1. The number of aromatic nitrogens is 2. The lowest BCUT2D eigenvalue weighted by molar-refractivity contribution is 0.417. The molecule has 0 bridgehead atoms. The molecule has 1 rings (SSSR count). The Morgan fingerprint density at radius 1 is 1.17 bits per heavy atom. The topological polar surface area (TPSA) is 29.9 Å². The maximum absolute atomic E-state index is 4.73. The quantitative estimate of drug-likeness (QED) is 0.802. The van der Waals surface area contributed by atoms with E-state index in [9.17, 15) is 0 Å². The Bertz CT molecular complexity index is 362. The van der Waals surface area contributed by atoms with Gasteiger partial charge in [-0.1, -0.05) is 27.7 Å². The smallest absolute Gasteiger partial charge is 0.0641 e. The molecule has 0 aliphatic rings. The van der Waals surface area contributed by atoms with E-state index in [0.29, 0.717) is 12.0 Å². The van der Waals surface area contributed by atoms with E-state index in [1.165, 1.54) is 17.0 Å². The highest BCUT2D eigenvalue weighted by Gasteiger charge is 2.15. The van der Waals surface area contributed by atoms with E-state index in [2.05, 4.69) is 51.5 Å². The molecule has 1 N–H and O–H groups in total. The zero-order valence-electron chi connectivity index (χ0n) is 12.9. The highest BCUT2D eigenvalue weighted by molar-refractivity contribution is 5.24. The van der Waals surface area contributed by atoms with Gasteiger partial charge in [0.2, 0.25) is 0 Å². The zero-order chi connectivity index (χ0) is 13.7. The Morgan fingerprint density at radius 3 is 2.28 bits per heavy atom. The summed E-state index contributed by atoms with van der Waals surface area (Å²) in [6, 6.07) is 0.544. The number of hydrogen-bond donors (Lipinski definition) is 1. The lowest BCUT2D eigenvalue weighted by Gasteiger charge is -2.15. The maximum Gasteiger partial charge on any atom is 0.0641 e. The molecule has 0 saturated carbocycles. The summed E-state index contributed by atoms with van der Waals surface area (Å²) in [7, 11) is 0. The summed E-state index contributed by atoms with van der Waals surface area (Å²) in [6.45, 7) is 15.3. The van der Waals surface area contributed by atoms with Crippen LogP contribution < -0.4 is 5.32 Å². The molecule has 0 aliphatic carbocycles. The molecule has 0 spiro atoms. The van der Waals surface area contributed by atoms with Crippen molar-refractivity contribution < 1.29 is 0 Å². The van der Waals surface area contributed by atoms with Crippen LogP contribution in [0.5, 0.6) is 0 Å². The first-order valence-electron chi connectivity index (χ1n) is 7.26. The molecule has 0 saturated heterocycles. The Morgan fingerprint density at radius 2 is 1.78 bits per heavy atom. The average Bonchev–Trinajstić information content (AvgIpc) is 2.58.